The lowest BCUT2D eigenvalue weighted by atomic mass is 10.1. The molecule has 0 unspecified atom stereocenters. The number of methoxy groups -OCH3 is 1. The van der Waals surface area contributed by atoms with Crippen LogP contribution < -0.4 is 15.6 Å². The van der Waals surface area contributed by atoms with Gasteiger partial charge in [-0.1, -0.05) is 13.0 Å². The zero-order chi connectivity index (χ0) is 21.7. The number of carbonyl (C=O) groups excluding carboxylic acids is 1. The van der Waals surface area contributed by atoms with Gasteiger partial charge in [-0.2, -0.15) is 9.78 Å². The Hall–Kier alpha value is -3.52. The van der Waals surface area contributed by atoms with E-state index in [1.807, 2.05) is 6.92 Å². The molecule has 7 nitrogen and oxygen atoms in total. The molecule has 1 amide bonds. The van der Waals surface area contributed by atoms with Gasteiger partial charge < -0.3 is 15.2 Å². The van der Waals surface area contributed by atoms with Crippen LogP contribution in [0.3, 0.4) is 0 Å². The Labute approximate surface area is 172 Å². The summed E-state index contributed by atoms with van der Waals surface area (Å²) in [5, 5.41) is 16.3. The molecule has 1 heterocycles. The van der Waals surface area contributed by atoms with Gasteiger partial charge in [0, 0.05) is 5.56 Å². The summed E-state index contributed by atoms with van der Waals surface area (Å²) in [5.41, 5.74) is 0.335. The van der Waals surface area contributed by atoms with Crippen LogP contribution in [0.5, 0.6) is 5.75 Å². The number of amides is 1. The smallest absolute Gasteiger partial charge is 0.284 e. The highest BCUT2D eigenvalue weighted by Crippen LogP contribution is 2.21. The van der Waals surface area contributed by atoms with E-state index in [9.17, 15) is 19.1 Å². The largest absolute Gasteiger partial charge is 0.497 e. The first kappa shape index (κ1) is 21.2. The van der Waals surface area contributed by atoms with Crippen LogP contribution in [0.15, 0.2) is 59.4 Å². The van der Waals surface area contributed by atoms with E-state index in [0.29, 0.717) is 23.4 Å². The summed E-state index contributed by atoms with van der Waals surface area (Å²) in [6.07, 6.45) is 0.497. The van der Waals surface area contributed by atoms with Gasteiger partial charge in [0.1, 0.15) is 17.1 Å². The molecule has 3 aromatic rings. The Kier molecular flexibility index (Phi) is 6.58. The number of aromatic nitrogens is 2. The van der Waals surface area contributed by atoms with Gasteiger partial charge in [-0.15, -0.1) is 0 Å². The van der Waals surface area contributed by atoms with Gasteiger partial charge in [-0.3, -0.25) is 9.59 Å². The van der Waals surface area contributed by atoms with Crippen LogP contribution in [0.25, 0.3) is 16.9 Å². The molecule has 1 atom stereocenters. The lowest BCUT2D eigenvalue weighted by molar-refractivity contribution is 0.0913. The van der Waals surface area contributed by atoms with Crippen molar-refractivity contribution in [2.75, 3.05) is 13.7 Å². The Morgan fingerprint density at radius 2 is 1.97 bits per heavy atom. The van der Waals surface area contributed by atoms with Crippen LogP contribution in [-0.2, 0) is 0 Å². The van der Waals surface area contributed by atoms with Crippen LogP contribution in [-0.4, -0.2) is 40.6 Å². The number of hydrogen-bond acceptors (Lipinski definition) is 5. The van der Waals surface area contributed by atoms with Crippen molar-refractivity contribution in [1.82, 2.24) is 15.1 Å². The average Bonchev–Trinajstić information content (AvgIpc) is 2.77. The topological polar surface area (TPSA) is 93.4 Å². The average molecular weight is 411 g/mol. The molecule has 0 spiro atoms. The first-order valence-electron chi connectivity index (χ1n) is 9.43. The predicted molar refractivity (Wildman–Crippen MR) is 110 cm³/mol. The van der Waals surface area contributed by atoms with Crippen molar-refractivity contribution in [2.24, 2.45) is 0 Å². The molecular weight excluding hydrogens is 389 g/mol. The number of nitrogens with zero attached hydrogens (tertiary/aromatic N) is 2. The fraction of sp³-hybridized carbons (Fsp3) is 0.227. The zero-order valence-electron chi connectivity index (χ0n) is 16.6. The van der Waals surface area contributed by atoms with Crippen molar-refractivity contribution >= 4 is 5.91 Å². The van der Waals surface area contributed by atoms with Crippen molar-refractivity contribution in [1.29, 1.82) is 0 Å². The molecule has 3 rings (SSSR count). The third-order valence-corrected chi connectivity index (χ3v) is 4.64. The third kappa shape index (κ3) is 4.55. The number of aliphatic hydroxyl groups excluding tert-OH is 1. The monoisotopic (exact) mass is 411 g/mol. The second-order valence-electron chi connectivity index (χ2n) is 6.63. The molecule has 0 aliphatic rings. The summed E-state index contributed by atoms with van der Waals surface area (Å²) in [6, 6.07) is 13.2. The zero-order valence-corrected chi connectivity index (χ0v) is 16.6. The highest BCUT2D eigenvalue weighted by molar-refractivity contribution is 5.95. The molecule has 0 bridgehead atoms. The van der Waals surface area contributed by atoms with E-state index in [1.165, 1.54) is 24.3 Å². The number of rotatable bonds is 7. The van der Waals surface area contributed by atoms with E-state index in [1.54, 1.807) is 31.4 Å². The molecule has 2 N–H and O–H groups in total. The van der Waals surface area contributed by atoms with E-state index in [2.05, 4.69) is 10.4 Å². The number of benzene rings is 2. The second kappa shape index (κ2) is 9.32. The summed E-state index contributed by atoms with van der Waals surface area (Å²) in [4.78, 5) is 25.8. The summed E-state index contributed by atoms with van der Waals surface area (Å²) in [6.45, 7) is 1.55. The van der Waals surface area contributed by atoms with Crippen molar-refractivity contribution in [3.05, 3.63) is 76.3 Å². The Bertz CT molecular complexity index is 1090. The molecular formula is C22H22FN3O4. The van der Waals surface area contributed by atoms with Crippen LogP contribution in [0, 0.1) is 5.82 Å². The molecule has 0 saturated heterocycles. The summed E-state index contributed by atoms with van der Waals surface area (Å²) in [5.74, 6) is -0.527. The van der Waals surface area contributed by atoms with Gasteiger partial charge >= 0.3 is 0 Å². The fourth-order valence-corrected chi connectivity index (χ4v) is 2.88. The maximum Gasteiger partial charge on any atom is 0.284 e. The predicted octanol–water partition coefficient (Wildman–Crippen LogP) is 2.55. The molecule has 30 heavy (non-hydrogen) atoms. The summed E-state index contributed by atoms with van der Waals surface area (Å²) in [7, 11) is 1.55. The van der Waals surface area contributed by atoms with Crippen molar-refractivity contribution in [3.8, 4) is 22.7 Å². The minimum Gasteiger partial charge on any atom is -0.497 e. The molecule has 1 aromatic heterocycles. The van der Waals surface area contributed by atoms with Gasteiger partial charge in [0.05, 0.1) is 31.1 Å². The minimum absolute atomic E-state index is 0.160. The van der Waals surface area contributed by atoms with Crippen LogP contribution in [0.2, 0.25) is 0 Å². The van der Waals surface area contributed by atoms with Gasteiger partial charge in [0.25, 0.3) is 11.5 Å². The van der Waals surface area contributed by atoms with Crippen molar-refractivity contribution < 1.29 is 19.0 Å². The highest BCUT2D eigenvalue weighted by atomic mass is 19.1. The van der Waals surface area contributed by atoms with Crippen molar-refractivity contribution in [2.45, 2.75) is 19.4 Å². The Morgan fingerprint density at radius 1 is 1.23 bits per heavy atom. The first-order valence-corrected chi connectivity index (χ1v) is 9.43. The molecule has 0 aliphatic carbocycles. The van der Waals surface area contributed by atoms with E-state index in [-0.39, 0.29) is 17.9 Å². The SMILES string of the molecule is CC[C@@H](CO)NC(=O)c1cc(-c2ccc(OC)cc2)nn(-c2cccc(F)c2)c1=O. The molecule has 0 radical (unpaired) electrons. The molecule has 0 aliphatic heterocycles. The third-order valence-electron chi connectivity index (χ3n) is 4.64. The van der Waals surface area contributed by atoms with Gasteiger partial charge in [-0.25, -0.2) is 4.39 Å². The molecule has 8 heteroatoms. The lowest BCUT2D eigenvalue weighted by Gasteiger charge is -2.15. The fourth-order valence-electron chi connectivity index (χ4n) is 2.88. The molecule has 0 fully saturated rings. The van der Waals surface area contributed by atoms with E-state index < -0.39 is 23.3 Å². The van der Waals surface area contributed by atoms with Gasteiger partial charge in [-0.05, 0) is 55.0 Å². The van der Waals surface area contributed by atoms with Crippen LogP contribution >= 0.6 is 0 Å². The Balaban J connectivity index is 2.16. The van der Waals surface area contributed by atoms with E-state index in [4.69, 9.17) is 4.74 Å². The number of ether oxygens (including phenoxy) is 1. The molecule has 0 saturated carbocycles. The molecule has 156 valence electrons. The summed E-state index contributed by atoms with van der Waals surface area (Å²) < 4.78 is 19.9. The van der Waals surface area contributed by atoms with Crippen LogP contribution in [0.1, 0.15) is 23.7 Å². The quantitative estimate of drug-likeness (QED) is 0.623. The Morgan fingerprint density at radius 3 is 2.57 bits per heavy atom. The highest BCUT2D eigenvalue weighted by Gasteiger charge is 2.19. The summed E-state index contributed by atoms with van der Waals surface area (Å²) >= 11 is 0. The minimum atomic E-state index is -0.692. The number of aliphatic hydroxyl groups is 1. The van der Waals surface area contributed by atoms with Crippen LogP contribution in [0.4, 0.5) is 4.39 Å². The number of hydrogen-bond donors (Lipinski definition) is 2. The lowest BCUT2D eigenvalue weighted by Crippen LogP contribution is -2.40. The normalized spacial score (nSPS) is 11.7. The van der Waals surface area contributed by atoms with E-state index >= 15 is 0 Å². The number of carbonyl (C=O) groups is 1. The maximum absolute atomic E-state index is 13.8. The second-order valence-corrected chi connectivity index (χ2v) is 6.63. The van der Waals surface area contributed by atoms with Crippen molar-refractivity contribution in [3.63, 3.8) is 0 Å². The number of halogens is 1. The van der Waals surface area contributed by atoms with Gasteiger partial charge in [0.2, 0.25) is 0 Å². The van der Waals surface area contributed by atoms with E-state index in [0.717, 1.165) is 10.7 Å². The maximum atomic E-state index is 13.8. The number of nitrogens with one attached hydrogen (secondary N) is 1. The van der Waals surface area contributed by atoms with Gasteiger partial charge in [0.15, 0.2) is 0 Å². The molecule has 2 aromatic carbocycles. The first-order chi connectivity index (χ1) is 14.5. The standard InChI is InChI=1S/C22H22FN3O4/c1-3-16(13-27)24-21(28)19-12-20(14-7-9-18(30-2)10-8-14)25-26(22(19)29)17-6-4-5-15(23)11-17/h4-12,16,27H,3,13H2,1-2H3,(H,24,28)/t16-/m0/s1.